The molecule has 1 N–H and O–H groups in total. The normalized spacial score (nSPS) is 11.2. The first-order valence-corrected chi connectivity index (χ1v) is 14.7. The van der Waals surface area contributed by atoms with E-state index in [1.54, 1.807) is 35.9 Å². The average Bonchev–Trinajstić information content (AvgIpc) is 3.66. The van der Waals surface area contributed by atoms with E-state index in [9.17, 15) is 19.5 Å². The van der Waals surface area contributed by atoms with E-state index in [-0.39, 0.29) is 24.2 Å². The number of pyridine rings is 2. The molecule has 4 aromatic heterocycles. The standard InChI is InChI=1S/C19H27N3O4.C12H15N3O3/c1-6-7-8-13-11-15(25-5)17(18-20-12-21-22(13)18)14(23)9-10-16(24)26-19(2,3)4;1-3-4-5-8-6-9(18-2)10(12(16)17)11-13-7-14-15(8)11/h11-12H,6-10H2,1-5H3;6-7H,3-5H2,1-2H3,(H,16,17). The van der Waals surface area contributed by atoms with Crippen molar-refractivity contribution in [1.82, 2.24) is 29.2 Å². The number of esters is 1. The second-order valence-electron chi connectivity index (χ2n) is 11.2. The van der Waals surface area contributed by atoms with Crippen LogP contribution in [0.2, 0.25) is 0 Å². The maximum Gasteiger partial charge on any atom is 0.343 e. The number of unbranched alkanes of at least 4 members (excludes halogenated alkanes) is 2. The van der Waals surface area contributed by atoms with Gasteiger partial charge in [-0.15, -0.1) is 0 Å². The fourth-order valence-corrected chi connectivity index (χ4v) is 4.62. The maximum absolute atomic E-state index is 12.8. The lowest BCUT2D eigenvalue weighted by atomic mass is 10.0. The van der Waals surface area contributed by atoms with Gasteiger partial charge in [0.1, 0.15) is 40.9 Å². The number of Topliss-reactive ketones (excluding diaryl/α,β-unsaturated/α-hetero) is 1. The molecule has 0 saturated heterocycles. The number of nitrogens with zero attached hydrogens (tertiary/aromatic N) is 6. The van der Waals surface area contributed by atoms with Crippen molar-refractivity contribution < 1.29 is 33.7 Å². The summed E-state index contributed by atoms with van der Waals surface area (Å²) in [5.41, 5.74) is 2.48. The maximum atomic E-state index is 12.8. The lowest BCUT2D eigenvalue weighted by Gasteiger charge is -2.19. The Hall–Kier alpha value is -4.55. The Bertz CT molecular complexity index is 1600. The van der Waals surface area contributed by atoms with Crippen molar-refractivity contribution in [3.8, 4) is 11.5 Å². The highest BCUT2D eigenvalue weighted by Gasteiger charge is 2.24. The van der Waals surface area contributed by atoms with E-state index in [1.807, 2.05) is 6.07 Å². The molecule has 13 nitrogen and oxygen atoms in total. The smallest absolute Gasteiger partial charge is 0.343 e. The molecule has 0 radical (unpaired) electrons. The molecule has 0 spiro atoms. The molecule has 0 aliphatic carbocycles. The largest absolute Gasteiger partial charge is 0.496 e. The van der Waals surface area contributed by atoms with Gasteiger partial charge in [-0.3, -0.25) is 9.59 Å². The zero-order valence-corrected chi connectivity index (χ0v) is 26.5. The Balaban J connectivity index is 0.000000257. The number of methoxy groups -OCH3 is 2. The van der Waals surface area contributed by atoms with Gasteiger partial charge in [-0.05, 0) is 46.5 Å². The fourth-order valence-electron chi connectivity index (χ4n) is 4.62. The van der Waals surface area contributed by atoms with E-state index in [0.717, 1.165) is 49.9 Å². The Kier molecular flexibility index (Phi) is 11.8. The zero-order chi connectivity index (χ0) is 32.4. The van der Waals surface area contributed by atoms with Crippen LogP contribution in [0.15, 0.2) is 24.8 Å². The minimum Gasteiger partial charge on any atom is -0.496 e. The molecule has 238 valence electrons. The monoisotopic (exact) mass is 610 g/mol. The number of aromatic nitrogens is 6. The summed E-state index contributed by atoms with van der Waals surface area (Å²) in [6.07, 6.45) is 8.57. The van der Waals surface area contributed by atoms with Crippen molar-refractivity contribution >= 4 is 29.0 Å². The number of hydrogen-bond donors (Lipinski definition) is 1. The zero-order valence-electron chi connectivity index (χ0n) is 26.5. The van der Waals surface area contributed by atoms with Crippen molar-refractivity contribution in [2.24, 2.45) is 0 Å². The molecule has 4 heterocycles. The summed E-state index contributed by atoms with van der Waals surface area (Å²) in [5, 5.41) is 17.5. The summed E-state index contributed by atoms with van der Waals surface area (Å²) in [5.74, 6) is -0.888. The summed E-state index contributed by atoms with van der Waals surface area (Å²) >= 11 is 0. The number of aromatic carboxylic acids is 1. The molecule has 0 atom stereocenters. The van der Waals surface area contributed by atoms with Crippen LogP contribution in [0.4, 0.5) is 0 Å². The lowest BCUT2D eigenvalue weighted by molar-refractivity contribution is -0.154. The first-order valence-electron chi connectivity index (χ1n) is 14.7. The number of carboxylic acid groups (broad SMARTS) is 1. The van der Waals surface area contributed by atoms with Gasteiger partial charge < -0.3 is 19.3 Å². The number of carboxylic acids is 1. The topological polar surface area (TPSA) is 160 Å². The number of rotatable bonds is 13. The number of aryl methyl sites for hydroxylation is 2. The van der Waals surface area contributed by atoms with Crippen molar-refractivity contribution in [2.75, 3.05) is 14.2 Å². The fraction of sp³-hybridized carbons (Fsp3) is 0.516. The minimum absolute atomic E-state index is 0.0111. The molecule has 13 heteroatoms. The van der Waals surface area contributed by atoms with Gasteiger partial charge >= 0.3 is 11.9 Å². The van der Waals surface area contributed by atoms with Gasteiger partial charge in [-0.2, -0.15) is 10.2 Å². The number of hydrogen-bond acceptors (Lipinski definition) is 10. The predicted octanol–water partition coefficient (Wildman–Crippen LogP) is 5.16. The molecule has 0 fully saturated rings. The van der Waals surface area contributed by atoms with Crippen molar-refractivity contribution in [2.45, 2.75) is 91.6 Å². The molecule has 0 saturated carbocycles. The van der Waals surface area contributed by atoms with Crippen LogP contribution in [0.5, 0.6) is 11.5 Å². The number of carbonyl (C=O) groups is 3. The summed E-state index contributed by atoms with van der Waals surface area (Å²) in [7, 11) is 2.98. The van der Waals surface area contributed by atoms with Crippen LogP contribution in [0.3, 0.4) is 0 Å². The summed E-state index contributed by atoms with van der Waals surface area (Å²) in [6.45, 7) is 9.60. The predicted molar refractivity (Wildman–Crippen MR) is 163 cm³/mol. The summed E-state index contributed by atoms with van der Waals surface area (Å²) in [6, 6.07) is 3.55. The van der Waals surface area contributed by atoms with E-state index in [1.165, 1.54) is 26.9 Å². The third kappa shape index (κ3) is 8.29. The minimum atomic E-state index is -1.06. The lowest BCUT2D eigenvalue weighted by Crippen LogP contribution is -2.24. The van der Waals surface area contributed by atoms with Gasteiger partial charge in [0.15, 0.2) is 17.1 Å². The Morgan fingerprint density at radius 3 is 1.70 bits per heavy atom. The second-order valence-corrected chi connectivity index (χ2v) is 11.2. The van der Waals surface area contributed by atoms with Gasteiger partial charge in [0.25, 0.3) is 0 Å². The molecule has 0 aliphatic rings. The summed E-state index contributed by atoms with van der Waals surface area (Å²) < 4.78 is 19.1. The Morgan fingerprint density at radius 1 is 0.795 bits per heavy atom. The van der Waals surface area contributed by atoms with E-state index in [2.05, 4.69) is 34.0 Å². The molecule has 0 bridgehead atoms. The molecular formula is C31H42N6O7. The van der Waals surface area contributed by atoms with Gasteiger partial charge in [0.05, 0.1) is 20.6 Å². The van der Waals surface area contributed by atoms with Crippen molar-refractivity contribution in [3.05, 3.63) is 47.3 Å². The first kappa shape index (κ1) is 33.9. The highest BCUT2D eigenvalue weighted by Crippen LogP contribution is 2.27. The highest BCUT2D eigenvalue weighted by atomic mass is 16.6. The molecule has 44 heavy (non-hydrogen) atoms. The van der Waals surface area contributed by atoms with Gasteiger partial charge in [0, 0.05) is 29.9 Å². The van der Waals surface area contributed by atoms with Crippen LogP contribution >= 0.6 is 0 Å². The van der Waals surface area contributed by atoms with E-state index >= 15 is 0 Å². The Morgan fingerprint density at radius 2 is 1.27 bits per heavy atom. The average molecular weight is 611 g/mol. The van der Waals surface area contributed by atoms with Crippen LogP contribution in [0, 0.1) is 0 Å². The molecule has 4 rings (SSSR count). The van der Waals surface area contributed by atoms with Crippen molar-refractivity contribution in [3.63, 3.8) is 0 Å². The second kappa shape index (κ2) is 15.3. The molecule has 0 amide bonds. The molecule has 4 aromatic rings. The SMILES string of the molecule is CCCCc1cc(OC)c(C(=O)CCC(=O)OC(C)(C)C)c2ncnn12.CCCCc1cc(OC)c(C(=O)O)c2ncnn12. The van der Waals surface area contributed by atoms with Gasteiger partial charge in [-0.25, -0.2) is 23.8 Å². The molecule has 0 aliphatic heterocycles. The molecular weight excluding hydrogens is 568 g/mol. The van der Waals surface area contributed by atoms with Crippen LogP contribution in [-0.2, 0) is 22.4 Å². The number of carbonyl (C=O) groups excluding carboxylic acids is 2. The molecule has 0 aromatic carbocycles. The van der Waals surface area contributed by atoms with E-state index < -0.39 is 17.5 Å². The summed E-state index contributed by atoms with van der Waals surface area (Å²) in [4.78, 5) is 44.2. The van der Waals surface area contributed by atoms with Crippen LogP contribution < -0.4 is 9.47 Å². The van der Waals surface area contributed by atoms with Crippen LogP contribution in [0.25, 0.3) is 11.3 Å². The first-order chi connectivity index (χ1) is 20.9. The third-order valence-electron chi connectivity index (χ3n) is 6.66. The van der Waals surface area contributed by atoms with Crippen LogP contribution in [-0.4, -0.2) is 71.8 Å². The number of ketones is 1. The third-order valence-corrected chi connectivity index (χ3v) is 6.66. The van der Waals surface area contributed by atoms with Gasteiger partial charge in [0.2, 0.25) is 0 Å². The number of fused-ring (bicyclic) bond motifs is 2. The quantitative estimate of drug-likeness (QED) is 0.157. The molecule has 0 unspecified atom stereocenters. The van der Waals surface area contributed by atoms with E-state index in [0.29, 0.717) is 28.4 Å². The van der Waals surface area contributed by atoms with Crippen LogP contribution in [0.1, 0.15) is 105 Å². The van der Waals surface area contributed by atoms with E-state index in [4.69, 9.17) is 14.2 Å². The highest BCUT2D eigenvalue weighted by molar-refractivity contribution is 6.05. The number of ether oxygens (including phenoxy) is 3. The Labute approximate surface area is 256 Å². The van der Waals surface area contributed by atoms with Crippen molar-refractivity contribution in [1.29, 1.82) is 0 Å². The van der Waals surface area contributed by atoms with Gasteiger partial charge in [-0.1, -0.05) is 26.7 Å².